The van der Waals surface area contributed by atoms with Gasteiger partial charge in [0.25, 0.3) is 14.1 Å². The van der Waals surface area contributed by atoms with Crippen LogP contribution in [0.15, 0.2) is 109 Å². The molecule has 0 spiro atoms. The number of nitrogens with two attached hydrogens (primary N) is 1. The molecule has 3 heterocycles. The summed E-state index contributed by atoms with van der Waals surface area (Å²) in [4.78, 5) is 47.7. The minimum absolute atomic E-state index is 0.112. The van der Waals surface area contributed by atoms with Crippen molar-refractivity contribution in [1.82, 2.24) is 25.2 Å². The van der Waals surface area contributed by atoms with Crippen molar-refractivity contribution in [3.05, 3.63) is 131 Å². The number of rotatable bonds is 21. The maximum atomic E-state index is 14.0. The molecule has 16 atom stereocenters. The number of esters is 1. The fourth-order valence-electron chi connectivity index (χ4n) is 15.7. The van der Waals surface area contributed by atoms with Gasteiger partial charge in [-0.1, -0.05) is 126 Å². The SMILES string of the molecule is C[C@@H]1OC(=O)[C@@H]2[C@H]1[C@H](CO)ON2Cc1cccc(N(CCN(C)C)Cc2ccccc2)c1.C[C@@H]1[C@@H](N)C[C@H]2C[C@@H]1C2(C)C.C[C@@H]1[C@@H](NC(=O)[C@@H]2[C@H]([C@H](C)O)[C@H](CO)ON2Cc2cccc(N(CCN(C)C)Cc3ccccc3)c2)C[C@H]2C[C@@H]1C2(C)C.[CH3][Al]([CH3])[CH3]. The third kappa shape index (κ3) is 17.3. The van der Waals surface area contributed by atoms with E-state index in [-0.39, 0.29) is 57.3 Å². The van der Waals surface area contributed by atoms with Crippen molar-refractivity contribution >= 4 is 37.4 Å². The van der Waals surface area contributed by atoms with E-state index in [0.29, 0.717) is 47.7 Å². The Balaban J connectivity index is 0.000000193. The molecule has 3 aliphatic heterocycles. The first kappa shape index (κ1) is 71.4. The molecule has 6 saturated carbocycles. The molecule has 17 heteroatoms. The zero-order valence-corrected chi connectivity index (χ0v) is 58.4. The lowest BCUT2D eigenvalue weighted by molar-refractivity contribution is -0.195. The van der Waals surface area contributed by atoms with Crippen LogP contribution in [0.1, 0.15) is 103 Å². The van der Waals surface area contributed by atoms with Crippen LogP contribution in [-0.2, 0) is 50.2 Å². The van der Waals surface area contributed by atoms with Crippen molar-refractivity contribution in [2.45, 2.75) is 173 Å². The molecule has 4 bridgehead atoms. The fraction of sp³-hybridized carbons (Fsp3) is 0.644. The highest BCUT2D eigenvalue weighted by atomic mass is 27.2. The van der Waals surface area contributed by atoms with Crippen molar-refractivity contribution in [2.24, 2.45) is 63.9 Å². The number of hydroxylamine groups is 4. The first-order chi connectivity index (χ1) is 42.7. The Morgan fingerprint density at radius 2 is 1.11 bits per heavy atom. The predicted molar refractivity (Wildman–Crippen MR) is 363 cm³/mol. The summed E-state index contributed by atoms with van der Waals surface area (Å²) in [5, 5.41) is 37.5. The summed E-state index contributed by atoms with van der Waals surface area (Å²) in [6, 6.07) is 37.1. The number of fused-ring (bicyclic) bond motifs is 5. The number of hydrogen-bond acceptors (Lipinski definition) is 15. The topological polar surface area (TPSA) is 180 Å². The molecular weight excluding hydrogens is 1140 g/mol. The maximum Gasteiger partial charge on any atom is 0.326 e. The molecule has 3 saturated heterocycles. The highest BCUT2D eigenvalue weighted by Gasteiger charge is 2.59. The van der Waals surface area contributed by atoms with Gasteiger partial charge in [0.2, 0.25) is 5.91 Å². The molecule has 9 aliphatic rings. The van der Waals surface area contributed by atoms with Gasteiger partial charge in [0.05, 0.1) is 38.3 Å². The Labute approximate surface area is 545 Å². The van der Waals surface area contributed by atoms with Crippen LogP contribution < -0.4 is 20.9 Å². The summed E-state index contributed by atoms with van der Waals surface area (Å²) in [5.74, 6) is 10.1. The highest BCUT2D eigenvalue weighted by Crippen LogP contribution is 2.62. The van der Waals surface area contributed by atoms with E-state index in [0.717, 1.165) is 85.9 Å². The molecule has 13 rings (SSSR count). The van der Waals surface area contributed by atoms with Gasteiger partial charge in [0.15, 0.2) is 0 Å². The Kier molecular flexibility index (Phi) is 25.1. The number of aliphatic hydroxyl groups excluding tert-OH is 3. The Bertz CT molecular complexity index is 2880. The normalized spacial score (nSPS) is 30.4. The van der Waals surface area contributed by atoms with Gasteiger partial charge in [0.1, 0.15) is 30.4 Å². The van der Waals surface area contributed by atoms with E-state index in [1.165, 1.54) is 30.4 Å². The Hall–Kier alpha value is -4.45. The van der Waals surface area contributed by atoms with Crippen LogP contribution in [0, 0.1) is 58.2 Å². The van der Waals surface area contributed by atoms with Crippen LogP contribution in [0.3, 0.4) is 0 Å². The second kappa shape index (κ2) is 31.7. The molecule has 0 unspecified atom stereocenters. The quantitative estimate of drug-likeness (QED) is 0.0393. The molecule has 6 N–H and O–H groups in total. The zero-order chi connectivity index (χ0) is 65.4. The lowest BCUT2D eigenvalue weighted by atomic mass is 9.45. The van der Waals surface area contributed by atoms with E-state index in [1.807, 2.05) is 31.2 Å². The van der Waals surface area contributed by atoms with Crippen molar-refractivity contribution in [3.8, 4) is 0 Å². The van der Waals surface area contributed by atoms with Gasteiger partial charge < -0.3 is 50.7 Å². The third-order valence-corrected chi connectivity index (χ3v) is 21.4. The van der Waals surface area contributed by atoms with E-state index in [1.54, 1.807) is 17.1 Å². The summed E-state index contributed by atoms with van der Waals surface area (Å²) in [6.45, 7) is 23.4. The summed E-state index contributed by atoms with van der Waals surface area (Å²) < 4.78 is 5.43. The minimum atomic E-state index is -0.812. The monoisotopic (exact) mass is 1260 g/mol. The van der Waals surface area contributed by atoms with Crippen LogP contribution in [0.25, 0.3) is 0 Å². The zero-order valence-electron chi connectivity index (χ0n) is 57.3. The second-order valence-corrected chi connectivity index (χ2v) is 33.4. The molecule has 16 nitrogen and oxygen atoms in total. The van der Waals surface area contributed by atoms with Gasteiger partial charge in [-0.2, -0.15) is 10.1 Å². The van der Waals surface area contributed by atoms with Gasteiger partial charge in [-0.3, -0.25) is 19.3 Å². The van der Waals surface area contributed by atoms with E-state index < -0.39 is 36.3 Å². The van der Waals surface area contributed by atoms with Gasteiger partial charge in [-0.05, 0) is 161 Å². The lowest BCUT2D eigenvalue weighted by Crippen LogP contribution is -2.62. The summed E-state index contributed by atoms with van der Waals surface area (Å²) >= 11 is -0.139. The smallest absolute Gasteiger partial charge is 0.326 e. The number of nitrogens with one attached hydrogen (secondary N) is 1. The summed E-state index contributed by atoms with van der Waals surface area (Å²) in [5.41, 5.74) is 13.8. The fourth-order valence-corrected chi connectivity index (χ4v) is 15.7. The molecule has 4 aromatic carbocycles. The number of carbonyl (C=O) groups excluding carboxylic acids is 2. The van der Waals surface area contributed by atoms with E-state index >= 15 is 0 Å². The largest absolute Gasteiger partial charge is 0.461 e. The van der Waals surface area contributed by atoms with Crippen molar-refractivity contribution in [3.63, 3.8) is 0 Å². The standard InChI is InChI=1S/C35H52N4O4.C25H33N3O4.C10H19N.3CH3.Al/c1-23-29-18-27(35(29,3)4)19-30(23)36-34(42)33-32(24(2)41)31(22-40)43-39(33)21-26-13-10-14-28(17-26)38(16-15-37(5)6)20-25-11-8-7-9-12-25;1-18-23-22(17-29)32-28(24(23)25(30)31-18)16-20-10-7-11-21(14-20)27(13-12-26(2)3)15-19-8-5-4-6-9-19;1-6-8-4-7(5-9(6)11)10(8,2)3;;;;/h7-14,17,23-24,27,29-33,40-41H,15-16,18-22H2,1-6H3,(H,36,42);4-11,14,18,22-24,29H,12-13,15-17H2,1-3H3;6-9H,4-5,11H2,1-3H3;3*1H3;/t23-,24-,27+,29-,30-,31-,32+,33-;18-,22-,23+,24-;6-,7+,8-,9-;;;;/m000..../s1. The van der Waals surface area contributed by atoms with Gasteiger partial charge in [-0.15, -0.1) is 17.4 Å². The second-order valence-electron chi connectivity index (χ2n) is 29.9. The number of anilines is 2. The first-order valence-corrected chi connectivity index (χ1v) is 37.3. The van der Waals surface area contributed by atoms with Gasteiger partial charge in [0, 0.05) is 68.6 Å². The number of ether oxygens (including phenoxy) is 1. The molecule has 9 fully saturated rings. The van der Waals surface area contributed by atoms with Crippen LogP contribution in [0.2, 0.25) is 17.4 Å². The average molecular weight is 1260 g/mol. The number of carbonyl (C=O) groups is 2. The first-order valence-electron chi connectivity index (χ1n) is 33.8. The summed E-state index contributed by atoms with van der Waals surface area (Å²) in [6.07, 6.45) is 2.81. The average Bonchev–Trinajstić information content (AvgIpc) is 1.10. The van der Waals surface area contributed by atoms with Crippen LogP contribution in [0.5, 0.6) is 0 Å². The van der Waals surface area contributed by atoms with Crippen molar-refractivity contribution in [1.29, 1.82) is 0 Å². The highest BCUT2D eigenvalue weighted by molar-refractivity contribution is 6.54. The number of likely N-dealkylation sites (N-methyl/N-ethyl adjacent to an activating group) is 2. The van der Waals surface area contributed by atoms with Crippen molar-refractivity contribution in [2.75, 3.05) is 77.4 Å². The number of aliphatic hydroxyl groups is 3. The molecular formula is C73H113AlN8O8. The molecule has 496 valence electrons. The Morgan fingerprint density at radius 3 is 1.54 bits per heavy atom. The molecule has 0 aromatic heterocycles. The lowest BCUT2D eigenvalue weighted by Gasteiger charge is -2.62. The number of benzene rings is 4. The molecule has 90 heavy (non-hydrogen) atoms. The molecule has 4 aromatic rings. The van der Waals surface area contributed by atoms with Gasteiger partial charge in [-0.25, -0.2) is 0 Å². The molecule has 0 radical (unpaired) electrons. The summed E-state index contributed by atoms with van der Waals surface area (Å²) in [7, 11) is 8.33. The van der Waals surface area contributed by atoms with Crippen molar-refractivity contribution < 1.29 is 39.3 Å². The number of nitrogens with zero attached hydrogens (tertiary/aromatic N) is 6. The van der Waals surface area contributed by atoms with Crippen LogP contribution >= 0.6 is 0 Å². The third-order valence-electron chi connectivity index (χ3n) is 21.4. The minimum Gasteiger partial charge on any atom is -0.461 e. The van der Waals surface area contributed by atoms with Gasteiger partial charge >= 0.3 is 5.97 Å². The number of amides is 1. The number of cyclic esters (lactones) is 1. The van der Waals surface area contributed by atoms with E-state index in [9.17, 15) is 24.9 Å². The maximum absolute atomic E-state index is 14.0. The van der Waals surface area contributed by atoms with E-state index in [2.05, 4.69) is 197 Å². The molecule has 6 aliphatic carbocycles. The van der Waals surface area contributed by atoms with Crippen LogP contribution in [0.4, 0.5) is 11.4 Å². The molecule has 1 amide bonds. The Morgan fingerprint density at radius 1 is 0.656 bits per heavy atom. The van der Waals surface area contributed by atoms with E-state index in [4.69, 9.17) is 20.1 Å². The van der Waals surface area contributed by atoms with Crippen LogP contribution in [-0.4, -0.2) is 177 Å². The number of hydrogen-bond donors (Lipinski definition) is 5. The predicted octanol–water partition coefficient (Wildman–Crippen LogP) is 9.59.